The topological polar surface area (TPSA) is 32.3 Å². The summed E-state index contributed by atoms with van der Waals surface area (Å²) in [5.74, 6) is -1.50. The van der Waals surface area contributed by atoms with Gasteiger partial charge in [-0.2, -0.15) is 0 Å². The molecule has 0 aromatic heterocycles. The van der Waals surface area contributed by atoms with Gasteiger partial charge in [-0.05, 0) is 45.0 Å². The Labute approximate surface area is 105 Å². The normalized spacial score (nSPS) is 17.7. The molecule has 18 heavy (non-hydrogen) atoms. The van der Waals surface area contributed by atoms with E-state index in [1.807, 2.05) is 4.90 Å². The van der Waals surface area contributed by atoms with Crippen LogP contribution in [0, 0.1) is 11.6 Å². The van der Waals surface area contributed by atoms with E-state index in [1.54, 1.807) is 6.92 Å². The molecule has 1 N–H and O–H groups in total. The van der Waals surface area contributed by atoms with Crippen LogP contribution in [0.1, 0.15) is 19.8 Å². The Balaban J connectivity index is 2.03. The number of anilines is 1. The lowest BCUT2D eigenvalue weighted by Crippen LogP contribution is -2.40. The molecule has 0 saturated carbocycles. The van der Waals surface area contributed by atoms with E-state index in [4.69, 9.17) is 0 Å². The van der Waals surface area contributed by atoms with Crippen molar-refractivity contribution in [3.8, 4) is 0 Å². The van der Waals surface area contributed by atoms with Gasteiger partial charge in [0, 0.05) is 6.07 Å². The molecule has 0 aliphatic carbocycles. The Bertz CT molecular complexity index is 445. The zero-order valence-corrected chi connectivity index (χ0v) is 10.2. The lowest BCUT2D eigenvalue weighted by molar-refractivity contribution is -0.120. The summed E-state index contributed by atoms with van der Waals surface area (Å²) in [6.07, 6.45) is 2.15. The van der Waals surface area contributed by atoms with E-state index in [-0.39, 0.29) is 17.6 Å². The average molecular weight is 254 g/mol. The molecule has 5 heteroatoms. The Morgan fingerprint density at radius 3 is 2.67 bits per heavy atom. The van der Waals surface area contributed by atoms with E-state index in [9.17, 15) is 13.6 Å². The van der Waals surface area contributed by atoms with E-state index in [0.29, 0.717) is 0 Å². The number of nitrogens with zero attached hydrogens (tertiary/aromatic N) is 1. The van der Waals surface area contributed by atoms with Crippen LogP contribution in [0.25, 0.3) is 0 Å². The number of hydrogen-bond donors (Lipinski definition) is 1. The standard InChI is InChI=1S/C13H16F2N2O/c1-9(17-6-2-3-7-17)13(18)16-12-8-10(14)4-5-11(12)15/h4-5,8-9H,2-3,6-7H2,1H3,(H,16,18)/t9-/m0/s1. The van der Waals surface area contributed by atoms with Crippen molar-refractivity contribution in [3.63, 3.8) is 0 Å². The van der Waals surface area contributed by atoms with Crippen molar-refractivity contribution in [2.45, 2.75) is 25.8 Å². The lowest BCUT2D eigenvalue weighted by Gasteiger charge is -2.22. The maximum absolute atomic E-state index is 13.4. The van der Waals surface area contributed by atoms with Gasteiger partial charge < -0.3 is 5.32 Å². The molecule has 1 amide bonds. The van der Waals surface area contributed by atoms with Crippen molar-refractivity contribution in [2.75, 3.05) is 18.4 Å². The van der Waals surface area contributed by atoms with Crippen molar-refractivity contribution < 1.29 is 13.6 Å². The maximum Gasteiger partial charge on any atom is 0.241 e. The minimum absolute atomic E-state index is 0.106. The van der Waals surface area contributed by atoms with E-state index in [1.165, 1.54) is 0 Å². The Morgan fingerprint density at radius 1 is 1.33 bits per heavy atom. The molecule has 0 radical (unpaired) electrons. The second-order valence-electron chi connectivity index (χ2n) is 4.53. The van der Waals surface area contributed by atoms with Gasteiger partial charge in [0.2, 0.25) is 5.91 Å². The van der Waals surface area contributed by atoms with Crippen LogP contribution in [0.4, 0.5) is 14.5 Å². The molecule has 0 unspecified atom stereocenters. The molecule has 1 aliphatic rings. The third kappa shape index (κ3) is 2.85. The van der Waals surface area contributed by atoms with E-state index >= 15 is 0 Å². The van der Waals surface area contributed by atoms with Gasteiger partial charge in [0.25, 0.3) is 0 Å². The molecule has 1 saturated heterocycles. The summed E-state index contributed by atoms with van der Waals surface area (Å²) in [5.41, 5.74) is -0.106. The Kier molecular flexibility index (Phi) is 3.91. The monoisotopic (exact) mass is 254 g/mol. The zero-order valence-electron chi connectivity index (χ0n) is 10.2. The molecule has 1 heterocycles. The summed E-state index contributed by atoms with van der Waals surface area (Å²) in [6.45, 7) is 3.53. The summed E-state index contributed by atoms with van der Waals surface area (Å²) >= 11 is 0. The third-order valence-electron chi connectivity index (χ3n) is 3.25. The van der Waals surface area contributed by atoms with E-state index < -0.39 is 11.6 Å². The first-order valence-corrected chi connectivity index (χ1v) is 6.08. The van der Waals surface area contributed by atoms with E-state index in [0.717, 1.165) is 44.1 Å². The van der Waals surface area contributed by atoms with E-state index in [2.05, 4.69) is 5.32 Å². The number of halogens is 2. The van der Waals surface area contributed by atoms with Gasteiger partial charge in [0.15, 0.2) is 0 Å². The molecule has 0 spiro atoms. The fourth-order valence-corrected chi connectivity index (χ4v) is 2.13. The van der Waals surface area contributed by atoms with Crippen LogP contribution in [0.15, 0.2) is 18.2 Å². The summed E-state index contributed by atoms with van der Waals surface area (Å²) < 4.78 is 26.3. The van der Waals surface area contributed by atoms with Crippen molar-refractivity contribution in [2.24, 2.45) is 0 Å². The Hall–Kier alpha value is -1.49. The number of carbonyl (C=O) groups is 1. The first kappa shape index (κ1) is 13.0. The van der Waals surface area contributed by atoms with Crippen LogP contribution in [-0.4, -0.2) is 29.9 Å². The second-order valence-corrected chi connectivity index (χ2v) is 4.53. The maximum atomic E-state index is 13.4. The van der Waals surface area contributed by atoms with Gasteiger partial charge >= 0.3 is 0 Å². The van der Waals surface area contributed by atoms with Crippen LogP contribution >= 0.6 is 0 Å². The number of amides is 1. The molecule has 3 nitrogen and oxygen atoms in total. The van der Waals surface area contributed by atoms with Crippen LogP contribution in [0.2, 0.25) is 0 Å². The van der Waals surface area contributed by atoms with Crippen LogP contribution < -0.4 is 5.32 Å². The largest absolute Gasteiger partial charge is 0.322 e. The first-order valence-electron chi connectivity index (χ1n) is 6.08. The molecule has 2 rings (SSSR count). The SMILES string of the molecule is C[C@@H](C(=O)Nc1cc(F)ccc1F)N1CCCC1. The molecular formula is C13H16F2N2O. The number of benzene rings is 1. The van der Waals surface area contributed by atoms with Gasteiger partial charge in [-0.25, -0.2) is 8.78 Å². The Morgan fingerprint density at radius 2 is 2.00 bits per heavy atom. The van der Waals surface area contributed by atoms with Gasteiger partial charge in [0.1, 0.15) is 11.6 Å². The average Bonchev–Trinajstić information content (AvgIpc) is 2.86. The first-order chi connectivity index (χ1) is 8.58. The van der Waals surface area contributed by atoms with Gasteiger partial charge in [-0.15, -0.1) is 0 Å². The number of carbonyl (C=O) groups excluding carboxylic acids is 1. The molecule has 1 aliphatic heterocycles. The molecular weight excluding hydrogens is 238 g/mol. The number of likely N-dealkylation sites (tertiary alicyclic amines) is 1. The molecule has 1 aromatic rings. The molecule has 1 fully saturated rings. The highest BCUT2D eigenvalue weighted by atomic mass is 19.1. The summed E-state index contributed by atoms with van der Waals surface area (Å²) in [5, 5.41) is 2.43. The summed E-state index contributed by atoms with van der Waals surface area (Å²) in [4.78, 5) is 14.0. The number of hydrogen-bond acceptors (Lipinski definition) is 2. The van der Waals surface area contributed by atoms with Gasteiger partial charge in [-0.1, -0.05) is 0 Å². The fourth-order valence-electron chi connectivity index (χ4n) is 2.13. The highest BCUT2D eigenvalue weighted by Crippen LogP contribution is 2.17. The van der Waals surface area contributed by atoms with Crippen molar-refractivity contribution in [1.29, 1.82) is 0 Å². The third-order valence-corrected chi connectivity index (χ3v) is 3.25. The second kappa shape index (κ2) is 5.44. The summed E-state index contributed by atoms with van der Waals surface area (Å²) in [7, 11) is 0. The smallest absolute Gasteiger partial charge is 0.241 e. The summed E-state index contributed by atoms with van der Waals surface area (Å²) in [6, 6.07) is 2.69. The highest BCUT2D eigenvalue weighted by molar-refractivity contribution is 5.94. The predicted molar refractivity (Wildman–Crippen MR) is 65.3 cm³/mol. The molecule has 1 atom stereocenters. The molecule has 0 bridgehead atoms. The van der Waals surface area contributed by atoms with Crippen LogP contribution in [0.3, 0.4) is 0 Å². The van der Waals surface area contributed by atoms with Crippen molar-refractivity contribution >= 4 is 11.6 Å². The fraction of sp³-hybridized carbons (Fsp3) is 0.462. The van der Waals surface area contributed by atoms with Crippen molar-refractivity contribution in [1.82, 2.24) is 4.90 Å². The van der Waals surface area contributed by atoms with Crippen molar-refractivity contribution in [3.05, 3.63) is 29.8 Å². The minimum atomic E-state index is -0.627. The minimum Gasteiger partial charge on any atom is -0.322 e. The van der Waals surface area contributed by atoms with Gasteiger partial charge in [-0.3, -0.25) is 9.69 Å². The predicted octanol–water partition coefficient (Wildman–Crippen LogP) is 2.39. The zero-order chi connectivity index (χ0) is 13.1. The lowest BCUT2D eigenvalue weighted by atomic mass is 10.2. The molecule has 98 valence electrons. The van der Waals surface area contributed by atoms with Crippen LogP contribution in [-0.2, 0) is 4.79 Å². The highest BCUT2D eigenvalue weighted by Gasteiger charge is 2.24. The number of nitrogens with one attached hydrogen (secondary N) is 1. The van der Waals surface area contributed by atoms with Gasteiger partial charge in [0.05, 0.1) is 11.7 Å². The van der Waals surface area contributed by atoms with Crippen LogP contribution in [0.5, 0.6) is 0 Å². The number of rotatable bonds is 3. The quantitative estimate of drug-likeness (QED) is 0.898. The molecule has 1 aromatic carbocycles.